The molecule has 222 valence electrons. The Morgan fingerprint density at radius 2 is 2.00 bits per heavy atom. The number of nitrogens with two attached hydrogens (primary N) is 1. The first-order chi connectivity index (χ1) is 19.7. The van der Waals surface area contributed by atoms with Crippen LogP contribution in [0, 0.1) is 0 Å². The molecule has 13 heteroatoms. The molecule has 0 saturated carbocycles. The number of hydrogen-bond acceptors (Lipinski definition) is 7. The number of halogens is 2. The number of aliphatic carboxylic acids is 1. The van der Waals surface area contributed by atoms with Crippen LogP contribution < -0.4 is 21.3 Å². The number of carbonyl (C=O) groups excluding carboxylic acids is 1. The Kier molecular flexibility index (Phi) is 8.74. The van der Waals surface area contributed by atoms with E-state index in [9.17, 15) is 18.4 Å². The summed E-state index contributed by atoms with van der Waals surface area (Å²) < 4.78 is 35.6. The lowest BCUT2D eigenvalue weighted by atomic mass is 9.91. The number of hydrogen-bond donors (Lipinski definition) is 4. The van der Waals surface area contributed by atoms with Crippen molar-refractivity contribution in [3.05, 3.63) is 46.9 Å². The number of ether oxygens (including phenoxy) is 1. The number of carbonyl (C=O) groups is 2. The van der Waals surface area contributed by atoms with E-state index in [1.807, 2.05) is 4.90 Å². The minimum absolute atomic E-state index is 0.164. The van der Waals surface area contributed by atoms with Crippen LogP contribution in [-0.2, 0) is 22.5 Å². The molecule has 1 fully saturated rings. The van der Waals surface area contributed by atoms with Gasteiger partial charge in [-0.3, -0.25) is 9.48 Å². The minimum atomic E-state index is -2.76. The molecule has 5 N–H and O–H groups in total. The number of anilines is 1. The Balaban J connectivity index is 1.50. The second-order valence-electron chi connectivity index (χ2n) is 10.7. The standard InChI is InChI=1S/C28H37F2N7O4/c1-32-28(40)35-8-4-23(34-19-5-9-41-10-6-19)22(15-35)27(31)37-7-2-3-17-11-20(21(26(29)30)12-24(17)37)18-13-33-36(14-18)16-25(38)39/h11-14,19,26-27,34H,2-10,15-16,31H2,1H3,(H,32,40)(H,38,39). The highest BCUT2D eigenvalue weighted by molar-refractivity contribution is 5.75. The summed E-state index contributed by atoms with van der Waals surface area (Å²) in [5.74, 6) is -1.07. The Bertz CT molecular complexity index is 1310. The number of carboxylic acid groups (broad SMARTS) is 1. The molecule has 0 bridgehead atoms. The van der Waals surface area contributed by atoms with Crippen LogP contribution in [0.4, 0.5) is 19.3 Å². The molecule has 1 saturated heterocycles. The Hall–Kier alpha value is -3.71. The van der Waals surface area contributed by atoms with E-state index in [0.29, 0.717) is 62.5 Å². The van der Waals surface area contributed by atoms with Crippen molar-refractivity contribution in [1.29, 1.82) is 0 Å². The molecule has 1 unspecified atom stereocenters. The average molecular weight is 574 g/mol. The van der Waals surface area contributed by atoms with E-state index in [1.165, 1.54) is 23.1 Å². The van der Waals surface area contributed by atoms with Gasteiger partial charge in [-0.2, -0.15) is 5.10 Å². The molecular weight excluding hydrogens is 536 g/mol. The van der Waals surface area contributed by atoms with Gasteiger partial charge in [-0.25, -0.2) is 13.6 Å². The van der Waals surface area contributed by atoms with Crippen LogP contribution in [0.15, 0.2) is 35.8 Å². The first kappa shape index (κ1) is 28.8. The number of carboxylic acids is 1. The average Bonchev–Trinajstić information content (AvgIpc) is 3.43. The summed E-state index contributed by atoms with van der Waals surface area (Å²) in [5, 5.41) is 19.5. The summed E-state index contributed by atoms with van der Waals surface area (Å²) in [6.45, 7) is 2.48. The topological polar surface area (TPSA) is 138 Å². The van der Waals surface area contributed by atoms with Gasteiger partial charge in [-0.1, -0.05) is 0 Å². The quantitative estimate of drug-likeness (QED) is 0.378. The Morgan fingerprint density at radius 3 is 2.71 bits per heavy atom. The lowest BCUT2D eigenvalue weighted by molar-refractivity contribution is -0.137. The van der Waals surface area contributed by atoms with Crippen LogP contribution in [0.1, 0.15) is 43.2 Å². The van der Waals surface area contributed by atoms with E-state index in [4.69, 9.17) is 15.6 Å². The summed E-state index contributed by atoms with van der Waals surface area (Å²) >= 11 is 0. The summed E-state index contributed by atoms with van der Waals surface area (Å²) in [6, 6.07) is 3.32. The van der Waals surface area contributed by atoms with Gasteiger partial charge < -0.3 is 36.0 Å². The van der Waals surface area contributed by atoms with Crippen LogP contribution in [0.3, 0.4) is 0 Å². The predicted molar refractivity (Wildman–Crippen MR) is 149 cm³/mol. The molecule has 0 radical (unpaired) electrons. The highest BCUT2D eigenvalue weighted by atomic mass is 19.3. The van der Waals surface area contributed by atoms with Crippen molar-refractivity contribution in [1.82, 2.24) is 25.3 Å². The first-order valence-corrected chi connectivity index (χ1v) is 14.0. The number of urea groups is 1. The third-order valence-corrected chi connectivity index (χ3v) is 8.06. The molecule has 1 atom stereocenters. The molecule has 2 aromatic rings. The monoisotopic (exact) mass is 573 g/mol. The van der Waals surface area contributed by atoms with Crippen molar-refractivity contribution in [2.24, 2.45) is 5.73 Å². The van der Waals surface area contributed by atoms with Gasteiger partial charge >= 0.3 is 12.0 Å². The lowest BCUT2D eigenvalue weighted by Gasteiger charge is -2.42. The fraction of sp³-hybridized carbons (Fsp3) is 0.536. The summed E-state index contributed by atoms with van der Waals surface area (Å²) in [5.41, 5.74) is 11.0. The highest BCUT2D eigenvalue weighted by Crippen LogP contribution is 2.40. The van der Waals surface area contributed by atoms with Crippen molar-refractivity contribution < 1.29 is 28.2 Å². The van der Waals surface area contributed by atoms with Crippen LogP contribution >= 0.6 is 0 Å². The van der Waals surface area contributed by atoms with Gasteiger partial charge in [0.25, 0.3) is 6.43 Å². The highest BCUT2D eigenvalue weighted by Gasteiger charge is 2.33. The van der Waals surface area contributed by atoms with Crippen LogP contribution in [0.5, 0.6) is 0 Å². The molecule has 3 aliphatic rings. The number of aromatic nitrogens is 2. The van der Waals surface area contributed by atoms with Gasteiger partial charge in [0.05, 0.1) is 6.20 Å². The van der Waals surface area contributed by atoms with Gasteiger partial charge in [0.15, 0.2) is 0 Å². The van der Waals surface area contributed by atoms with E-state index < -0.39 is 18.6 Å². The van der Waals surface area contributed by atoms with E-state index in [2.05, 4.69) is 15.7 Å². The Labute approximate surface area is 237 Å². The fourth-order valence-corrected chi connectivity index (χ4v) is 5.96. The largest absolute Gasteiger partial charge is 0.480 e. The zero-order valence-electron chi connectivity index (χ0n) is 23.1. The van der Waals surface area contributed by atoms with Crippen molar-refractivity contribution in [2.45, 2.75) is 57.3 Å². The third kappa shape index (κ3) is 6.30. The van der Waals surface area contributed by atoms with Gasteiger partial charge in [0.2, 0.25) is 0 Å². The third-order valence-electron chi connectivity index (χ3n) is 8.06. The zero-order valence-corrected chi connectivity index (χ0v) is 23.1. The van der Waals surface area contributed by atoms with Gasteiger partial charge in [0, 0.05) is 86.6 Å². The van der Waals surface area contributed by atoms with Crippen LogP contribution in [0.2, 0.25) is 0 Å². The summed E-state index contributed by atoms with van der Waals surface area (Å²) in [7, 11) is 1.59. The molecule has 2 amide bonds. The number of amides is 2. The summed E-state index contributed by atoms with van der Waals surface area (Å²) in [6.07, 6.45) is 3.34. The summed E-state index contributed by atoms with van der Waals surface area (Å²) in [4.78, 5) is 27.3. The predicted octanol–water partition coefficient (Wildman–Crippen LogP) is 2.68. The number of fused-ring (bicyclic) bond motifs is 1. The van der Waals surface area contributed by atoms with E-state index >= 15 is 0 Å². The molecular formula is C28H37F2N7O4. The maximum Gasteiger partial charge on any atom is 0.325 e. The number of alkyl halides is 2. The first-order valence-electron chi connectivity index (χ1n) is 14.0. The number of nitrogens with zero attached hydrogens (tertiary/aromatic N) is 4. The minimum Gasteiger partial charge on any atom is -0.480 e. The number of rotatable bonds is 8. The fourth-order valence-electron chi connectivity index (χ4n) is 5.96. The Morgan fingerprint density at radius 1 is 1.22 bits per heavy atom. The zero-order chi connectivity index (χ0) is 29.1. The maximum absolute atomic E-state index is 14.4. The van der Waals surface area contributed by atoms with E-state index in [0.717, 1.165) is 36.1 Å². The molecule has 41 heavy (non-hydrogen) atoms. The van der Waals surface area contributed by atoms with Gasteiger partial charge in [-0.15, -0.1) is 0 Å². The molecule has 3 aliphatic heterocycles. The number of aryl methyl sites for hydroxylation is 1. The molecule has 11 nitrogen and oxygen atoms in total. The molecule has 5 rings (SSSR count). The molecule has 0 spiro atoms. The van der Waals surface area contributed by atoms with Crippen LogP contribution in [0.25, 0.3) is 11.1 Å². The molecule has 1 aromatic heterocycles. The SMILES string of the molecule is CNC(=O)N1CCC(NC2CCOCC2)=C(C(N)N2CCCc3cc(-c4cnn(CC(=O)O)c4)c(C(F)F)cc32)C1. The van der Waals surface area contributed by atoms with Crippen molar-refractivity contribution >= 4 is 17.7 Å². The second-order valence-corrected chi connectivity index (χ2v) is 10.7. The molecule has 1 aromatic carbocycles. The van der Waals surface area contributed by atoms with E-state index in [1.54, 1.807) is 18.0 Å². The lowest BCUT2D eigenvalue weighted by Crippen LogP contribution is -2.53. The van der Waals surface area contributed by atoms with Crippen molar-refractivity contribution in [3.63, 3.8) is 0 Å². The molecule has 4 heterocycles. The number of nitrogens with one attached hydrogen (secondary N) is 2. The van der Waals surface area contributed by atoms with Gasteiger partial charge in [-0.05, 0) is 48.9 Å². The van der Waals surface area contributed by atoms with Crippen molar-refractivity contribution in [3.8, 4) is 11.1 Å². The van der Waals surface area contributed by atoms with E-state index in [-0.39, 0.29) is 24.2 Å². The van der Waals surface area contributed by atoms with Gasteiger partial charge in [0.1, 0.15) is 12.7 Å². The smallest absolute Gasteiger partial charge is 0.325 e. The normalized spacial score (nSPS) is 18.9. The maximum atomic E-state index is 14.4. The van der Waals surface area contributed by atoms with Crippen LogP contribution in [-0.4, -0.2) is 83.9 Å². The molecule has 0 aliphatic carbocycles. The van der Waals surface area contributed by atoms with Crippen molar-refractivity contribution in [2.75, 3.05) is 44.8 Å². The number of benzene rings is 1. The second kappa shape index (κ2) is 12.4.